The molecule has 15 heavy (non-hydrogen) atoms. The second-order valence-corrected chi connectivity index (χ2v) is 3.98. The molecule has 0 bridgehead atoms. The minimum Gasteiger partial charge on any atom is -0.495 e. The standard InChI is InChI=1S/C10H11Cl2NO2/c1-15-9-5-6(2-3-7(9)11)4-8(12)10(13)14/h2-3,5,8H,4H2,1H3,(H2,13,14). The summed E-state index contributed by atoms with van der Waals surface area (Å²) in [5.41, 5.74) is 5.91. The summed E-state index contributed by atoms with van der Waals surface area (Å²) in [7, 11) is 1.53. The molecule has 0 fully saturated rings. The Morgan fingerprint density at radius 1 is 1.60 bits per heavy atom. The molecule has 0 aliphatic rings. The summed E-state index contributed by atoms with van der Waals surface area (Å²) >= 11 is 11.6. The SMILES string of the molecule is COc1cc(CC(Cl)C(N)=O)ccc1Cl. The van der Waals surface area contributed by atoms with Gasteiger partial charge in [-0.3, -0.25) is 4.79 Å². The van der Waals surface area contributed by atoms with Gasteiger partial charge in [-0.25, -0.2) is 0 Å². The Kier molecular flexibility index (Phi) is 4.24. The van der Waals surface area contributed by atoms with Crippen LogP contribution in [0.1, 0.15) is 5.56 Å². The van der Waals surface area contributed by atoms with Crippen LogP contribution in [0.3, 0.4) is 0 Å². The Labute approximate surface area is 98.1 Å². The first-order valence-electron chi connectivity index (χ1n) is 4.30. The zero-order valence-electron chi connectivity index (χ0n) is 8.17. The second-order valence-electron chi connectivity index (χ2n) is 3.04. The molecule has 5 heteroatoms. The van der Waals surface area contributed by atoms with Crippen molar-refractivity contribution in [3.8, 4) is 5.75 Å². The van der Waals surface area contributed by atoms with E-state index in [0.717, 1.165) is 5.56 Å². The summed E-state index contributed by atoms with van der Waals surface area (Å²) in [5, 5.41) is -0.192. The van der Waals surface area contributed by atoms with Crippen LogP contribution >= 0.6 is 23.2 Å². The molecule has 0 saturated carbocycles. The minimum atomic E-state index is -0.712. The Morgan fingerprint density at radius 2 is 2.27 bits per heavy atom. The Morgan fingerprint density at radius 3 is 2.80 bits per heavy atom. The van der Waals surface area contributed by atoms with Crippen molar-refractivity contribution in [3.63, 3.8) is 0 Å². The maximum Gasteiger partial charge on any atom is 0.235 e. The minimum absolute atomic E-state index is 0.365. The van der Waals surface area contributed by atoms with E-state index in [0.29, 0.717) is 17.2 Å². The van der Waals surface area contributed by atoms with Gasteiger partial charge in [-0.2, -0.15) is 0 Å². The molecule has 1 rings (SSSR count). The fourth-order valence-corrected chi connectivity index (χ4v) is 1.51. The monoisotopic (exact) mass is 247 g/mol. The average Bonchev–Trinajstić information content (AvgIpc) is 2.20. The topological polar surface area (TPSA) is 52.3 Å². The van der Waals surface area contributed by atoms with Gasteiger partial charge in [0.15, 0.2) is 0 Å². The van der Waals surface area contributed by atoms with Crippen LogP contribution in [-0.2, 0) is 11.2 Å². The van der Waals surface area contributed by atoms with Gasteiger partial charge in [0.05, 0.1) is 12.1 Å². The lowest BCUT2D eigenvalue weighted by Gasteiger charge is -2.08. The van der Waals surface area contributed by atoms with Gasteiger partial charge in [0.25, 0.3) is 0 Å². The van der Waals surface area contributed by atoms with Crippen molar-refractivity contribution in [2.24, 2.45) is 5.73 Å². The molecule has 0 aliphatic heterocycles. The number of amides is 1. The lowest BCUT2D eigenvalue weighted by atomic mass is 10.1. The molecular formula is C10H11Cl2NO2. The number of primary amides is 1. The van der Waals surface area contributed by atoms with E-state index >= 15 is 0 Å². The van der Waals surface area contributed by atoms with Gasteiger partial charge in [-0.05, 0) is 24.1 Å². The molecular weight excluding hydrogens is 237 g/mol. The molecule has 1 aromatic rings. The van der Waals surface area contributed by atoms with Crippen molar-refractivity contribution in [1.29, 1.82) is 0 Å². The molecule has 0 heterocycles. The highest BCUT2D eigenvalue weighted by atomic mass is 35.5. The fraction of sp³-hybridized carbons (Fsp3) is 0.300. The number of hydrogen-bond donors (Lipinski definition) is 1. The van der Waals surface area contributed by atoms with Crippen molar-refractivity contribution in [2.75, 3.05) is 7.11 Å². The van der Waals surface area contributed by atoms with Crippen LogP contribution in [0.5, 0.6) is 5.75 Å². The van der Waals surface area contributed by atoms with Crippen LogP contribution in [0, 0.1) is 0 Å². The van der Waals surface area contributed by atoms with Crippen LogP contribution in [0.25, 0.3) is 0 Å². The predicted molar refractivity (Wildman–Crippen MR) is 60.5 cm³/mol. The van der Waals surface area contributed by atoms with E-state index in [-0.39, 0.29) is 0 Å². The van der Waals surface area contributed by atoms with Gasteiger partial charge in [0.1, 0.15) is 11.1 Å². The Hall–Kier alpha value is -0.930. The van der Waals surface area contributed by atoms with E-state index in [9.17, 15) is 4.79 Å². The highest BCUT2D eigenvalue weighted by molar-refractivity contribution is 6.32. The number of carbonyl (C=O) groups is 1. The molecule has 82 valence electrons. The van der Waals surface area contributed by atoms with Crippen LogP contribution in [0.15, 0.2) is 18.2 Å². The summed E-state index contributed by atoms with van der Waals surface area (Å²) in [5.74, 6) is 0.0214. The zero-order valence-corrected chi connectivity index (χ0v) is 9.68. The van der Waals surface area contributed by atoms with E-state index in [1.54, 1.807) is 18.2 Å². The van der Waals surface area contributed by atoms with Gasteiger partial charge in [-0.15, -0.1) is 11.6 Å². The summed E-state index contributed by atoms with van der Waals surface area (Å²) in [6.07, 6.45) is 0.365. The molecule has 1 aromatic carbocycles. The summed E-state index contributed by atoms with van der Waals surface area (Å²) < 4.78 is 5.04. The molecule has 0 radical (unpaired) electrons. The number of benzene rings is 1. The van der Waals surface area contributed by atoms with Crippen molar-refractivity contribution >= 4 is 29.1 Å². The van der Waals surface area contributed by atoms with E-state index in [4.69, 9.17) is 33.7 Å². The number of carbonyl (C=O) groups excluding carboxylic acids is 1. The highest BCUT2D eigenvalue weighted by Crippen LogP contribution is 2.25. The largest absolute Gasteiger partial charge is 0.495 e. The van der Waals surface area contributed by atoms with E-state index in [1.807, 2.05) is 0 Å². The van der Waals surface area contributed by atoms with Crippen molar-refractivity contribution < 1.29 is 9.53 Å². The molecule has 0 aliphatic carbocycles. The third-order valence-corrected chi connectivity index (χ3v) is 2.62. The quantitative estimate of drug-likeness (QED) is 0.828. The number of alkyl halides is 1. The Bertz CT molecular complexity index is 368. The van der Waals surface area contributed by atoms with Crippen molar-refractivity contribution in [2.45, 2.75) is 11.8 Å². The normalized spacial score (nSPS) is 12.2. The number of rotatable bonds is 4. The maximum atomic E-state index is 10.8. The van der Waals surface area contributed by atoms with Crippen molar-refractivity contribution in [3.05, 3.63) is 28.8 Å². The van der Waals surface area contributed by atoms with Crippen LogP contribution < -0.4 is 10.5 Å². The molecule has 2 N–H and O–H groups in total. The first kappa shape index (κ1) is 12.1. The zero-order chi connectivity index (χ0) is 11.4. The number of methoxy groups -OCH3 is 1. The number of halogens is 2. The molecule has 1 atom stereocenters. The van der Waals surface area contributed by atoms with Gasteiger partial charge < -0.3 is 10.5 Å². The fourth-order valence-electron chi connectivity index (χ4n) is 1.14. The van der Waals surface area contributed by atoms with E-state index in [2.05, 4.69) is 0 Å². The molecule has 1 amide bonds. The molecule has 3 nitrogen and oxygen atoms in total. The Balaban J connectivity index is 2.83. The van der Waals surface area contributed by atoms with Crippen LogP contribution in [0.4, 0.5) is 0 Å². The van der Waals surface area contributed by atoms with Gasteiger partial charge >= 0.3 is 0 Å². The molecule has 1 unspecified atom stereocenters. The smallest absolute Gasteiger partial charge is 0.235 e. The van der Waals surface area contributed by atoms with Gasteiger partial charge in [0, 0.05) is 0 Å². The van der Waals surface area contributed by atoms with Gasteiger partial charge in [-0.1, -0.05) is 17.7 Å². The van der Waals surface area contributed by atoms with E-state index < -0.39 is 11.3 Å². The molecule has 0 spiro atoms. The summed E-state index contributed by atoms with van der Waals surface area (Å²) in [4.78, 5) is 10.8. The number of hydrogen-bond acceptors (Lipinski definition) is 2. The summed E-state index contributed by atoms with van der Waals surface area (Å²) in [6.45, 7) is 0. The van der Waals surface area contributed by atoms with Crippen molar-refractivity contribution in [1.82, 2.24) is 0 Å². The molecule has 0 aromatic heterocycles. The maximum absolute atomic E-state index is 10.8. The van der Waals surface area contributed by atoms with E-state index in [1.165, 1.54) is 7.11 Å². The highest BCUT2D eigenvalue weighted by Gasteiger charge is 2.13. The number of ether oxygens (including phenoxy) is 1. The number of nitrogens with two attached hydrogens (primary N) is 1. The lowest BCUT2D eigenvalue weighted by Crippen LogP contribution is -2.25. The van der Waals surface area contributed by atoms with Crippen LogP contribution in [0.2, 0.25) is 5.02 Å². The lowest BCUT2D eigenvalue weighted by molar-refractivity contribution is -0.117. The molecule has 0 saturated heterocycles. The van der Waals surface area contributed by atoms with Crippen LogP contribution in [-0.4, -0.2) is 18.4 Å². The van der Waals surface area contributed by atoms with Gasteiger partial charge in [0.2, 0.25) is 5.91 Å². The third kappa shape index (κ3) is 3.29. The first-order chi connectivity index (χ1) is 7.04. The predicted octanol–water partition coefficient (Wildman–Crippen LogP) is 1.98. The summed E-state index contributed by atoms with van der Waals surface area (Å²) in [6, 6.07) is 5.21. The average molecular weight is 248 g/mol. The third-order valence-electron chi connectivity index (χ3n) is 1.94. The first-order valence-corrected chi connectivity index (χ1v) is 5.12. The second kappa shape index (κ2) is 5.24.